The number of methoxy groups -OCH3 is 1. The summed E-state index contributed by atoms with van der Waals surface area (Å²) in [7, 11) is 1.46. The number of likely N-dealkylation sites (tertiary alicyclic amines) is 1. The normalized spacial score (nSPS) is 27.2. The Kier molecular flexibility index (Phi) is 7.94. The summed E-state index contributed by atoms with van der Waals surface area (Å²) < 4.78 is 5.97. The highest BCUT2D eigenvalue weighted by Crippen LogP contribution is 2.64. The van der Waals surface area contributed by atoms with Crippen molar-refractivity contribution in [2.24, 2.45) is 23.7 Å². The van der Waals surface area contributed by atoms with E-state index in [2.05, 4.69) is 15.9 Å². The Hall–Kier alpha value is -5.08. The van der Waals surface area contributed by atoms with Crippen LogP contribution in [0.2, 0.25) is 0 Å². The zero-order valence-electron chi connectivity index (χ0n) is 27.3. The Morgan fingerprint density at radius 3 is 2.20 bits per heavy atom. The fourth-order valence-corrected chi connectivity index (χ4v) is 9.61. The van der Waals surface area contributed by atoms with Crippen molar-refractivity contribution in [3.63, 3.8) is 0 Å². The van der Waals surface area contributed by atoms with E-state index in [-0.39, 0.29) is 47.8 Å². The number of rotatable bonds is 6. The molecule has 50 heavy (non-hydrogen) atoms. The fourth-order valence-electron chi connectivity index (χ4n) is 9.15. The third-order valence-electron chi connectivity index (χ3n) is 11.3. The summed E-state index contributed by atoms with van der Waals surface area (Å²) in [5, 5.41) is 10.9. The molecule has 1 saturated heterocycles. The van der Waals surface area contributed by atoms with Gasteiger partial charge in [-0.2, -0.15) is 0 Å². The van der Waals surface area contributed by atoms with Crippen molar-refractivity contribution in [3.8, 4) is 11.5 Å². The maximum atomic E-state index is 15.2. The number of phenols is 1. The average molecular weight is 729 g/mol. The van der Waals surface area contributed by atoms with Gasteiger partial charge in [0.2, 0.25) is 11.8 Å². The lowest BCUT2D eigenvalue weighted by atomic mass is 9.44. The van der Waals surface area contributed by atoms with Crippen molar-refractivity contribution in [1.82, 2.24) is 4.90 Å². The van der Waals surface area contributed by atoms with Gasteiger partial charge in [0.05, 0.1) is 35.4 Å². The summed E-state index contributed by atoms with van der Waals surface area (Å²) in [4.78, 5) is 60.0. The summed E-state index contributed by atoms with van der Waals surface area (Å²) >= 11 is 3.50. The molecule has 8 rings (SSSR count). The monoisotopic (exact) mass is 727 g/mol. The number of Topliss-reactive ketones (excluding diaryl/α,β-unsaturated/α-hetero) is 1. The van der Waals surface area contributed by atoms with E-state index in [4.69, 9.17) is 4.74 Å². The molecule has 3 aliphatic carbocycles. The number of benzene rings is 4. The van der Waals surface area contributed by atoms with Gasteiger partial charge in [-0.3, -0.25) is 24.1 Å². The number of carbonyl (C=O) groups excluding carboxylic acids is 4. The topological polar surface area (TPSA) is 101 Å². The number of halogens is 1. The number of aromatic hydroxyl groups is 1. The molecule has 0 aromatic heterocycles. The molecule has 4 aromatic carbocycles. The van der Waals surface area contributed by atoms with Crippen molar-refractivity contribution in [3.05, 3.63) is 148 Å². The smallest absolute Gasteiger partial charge is 0.234 e. The second-order valence-electron chi connectivity index (χ2n) is 13.6. The van der Waals surface area contributed by atoms with Crippen LogP contribution in [0.25, 0.3) is 5.57 Å². The molecule has 4 aromatic rings. The van der Waals surface area contributed by atoms with Crippen LogP contribution in [0, 0.1) is 23.7 Å². The van der Waals surface area contributed by atoms with Gasteiger partial charge in [0.25, 0.3) is 0 Å². The molecule has 1 heterocycles. The first-order valence-electron chi connectivity index (χ1n) is 16.8. The maximum absolute atomic E-state index is 15.2. The molecule has 0 unspecified atom stereocenters. The van der Waals surface area contributed by atoms with Crippen LogP contribution in [0.4, 0.5) is 0 Å². The van der Waals surface area contributed by atoms with Gasteiger partial charge in [0.1, 0.15) is 0 Å². The average Bonchev–Trinajstić information content (AvgIpc) is 3.39. The highest BCUT2D eigenvalue weighted by Gasteiger charge is 2.66. The molecule has 1 aliphatic heterocycles. The van der Waals surface area contributed by atoms with Crippen LogP contribution < -0.4 is 4.74 Å². The van der Waals surface area contributed by atoms with Gasteiger partial charge in [0, 0.05) is 17.4 Å². The highest BCUT2D eigenvalue weighted by atomic mass is 79.9. The fraction of sp³-hybridized carbons (Fsp3) is 0.238. The molecular formula is C42H34BrNO6. The van der Waals surface area contributed by atoms with E-state index in [0.717, 1.165) is 11.1 Å². The first-order chi connectivity index (χ1) is 24.2. The third kappa shape index (κ3) is 4.76. The van der Waals surface area contributed by atoms with Crippen molar-refractivity contribution in [1.29, 1.82) is 0 Å². The van der Waals surface area contributed by atoms with E-state index in [0.29, 0.717) is 33.2 Å². The second kappa shape index (κ2) is 12.4. The standard InChI is InChI=1S/C42H34BrNO6/c1-50-34-20-26(19-33(43)39(34)47)37-28-17-18-29-36(41(49)44(40(29)48)23-24-11-5-2-6-12-24)31(28)21-32-38(46)30(25-13-7-3-8-14-25)22-35(45)42(32,37)27-15-9-4-10-16-27/h2-17,19-20,22,29,31-32,36-37,47H,18,21,23H2,1H3/t29-,31+,32-,36-,37-,42-/m0/s1. The van der Waals surface area contributed by atoms with Crippen LogP contribution in [0.5, 0.6) is 11.5 Å². The van der Waals surface area contributed by atoms with E-state index in [1.54, 1.807) is 12.1 Å². The van der Waals surface area contributed by atoms with Crippen LogP contribution in [0.15, 0.2) is 125 Å². The Balaban J connectivity index is 1.36. The lowest BCUT2D eigenvalue weighted by molar-refractivity contribution is -0.141. The molecule has 1 N–H and O–H groups in total. The summed E-state index contributed by atoms with van der Waals surface area (Å²) in [5.41, 5.74) is 2.69. The predicted molar refractivity (Wildman–Crippen MR) is 191 cm³/mol. The minimum absolute atomic E-state index is 0.0861. The number of hydrogen-bond acceptors (Lipinski definition) is 6. The van der Waals surface area contributed by atoms with Gasteiger partial charge in [-0.1, -0.05) is 103 Å². The van der Waals surface area contributed by atoms with Crippen LogP contribution >= 0.6 is 15.9 Å². The lowest BCUT2D eigenvalue weighted by Crippen LogP contribution is -2.58. The molecule has 7 nitrogen and oxygen atoms in total. The van der Waals surface area contributed by atoms with Gasteiger partial charge < -0.3 is 9.84 Å². The van der Waals surface area contributed by atoms with Gasteiger partial charge in [-0.25, -0.2) is 0 Å². The molecular weight excluding hydrogens is 694 g/mol. The number of ketones is 2. The van der Waals surface area contributed by atoms with Gasteiger partial charge >= 0.3 is 0 Å². The number of phenolic OH excluding ortho intramolecular Hbond substituents is 1. The minimum Gasteiger partial charge on any atom is -0.503 e. The largest absolute Gasteiger partial charge is 0.503 e. The number of ether oxygens (including phenoxy) is 1. The Labute approximate surface area is 298 Å². The second-order valence-corrected chi connectivity index (χ2v) is 14.4. The zero-order valence-corrected chi connectivity index (χ0v) is 28.9. The van der Waals surface area contributed by atoms with Crippen molar-refractivity contribution >= 4 is 44.9 Å². The van der Waals surface area contributed by atoms with E-state index >= 15 is 9.59 Å². The number of fused-ring (bicyclic) bond motifs is 4. The number of imide groups is 1. The van der Waals surface area contributed by atoms with Crippen molar-refractivity contribution in [2.75, 3.05) is 7.11 Å². The predicted octanol–water partition coefficient (Wildman–Crippen LogP) is 7.19. The Morgan fingerprint density at radius 2 is 1.52 bits per heavy atom. The van der Waals surface area contributed by atoms with Gasteiger partial charge in [0.15, 0.2) is 23.1 Å². The molecule has 1 saturated carbocycles. The van der Waals surface area contributed by atoms with Crippen molar-refractivity contribution in [2.45, 2.75) is 30.7 Å². The molecule has 0 spiro atoms. The molecule has 6 atom stereocenters. The Morgan fingerprint density at radius 1 is 0.860 bits per heavy atom. The third-order valence-corrected chi connectivity index (χ3v) is 11.9. The minimum atomic E-state index is -1.37. The van der Waals surface area contributed by atoms with Crippen LogP contribution in [-0.2, 0) is 31.1 Å². The molecule has 4 aliphatic rings. The van der Waals surface area contributed by atoms with Crippen molar-refractivity contribution < 1.29 is 29.0 Å². The number of carbonyl (C=O) groups is 4. The quantitative estimate of drug-likeness (QED) is 0.167. The molecule has 0 bridgehead atoms. The Bertz CT molecular complexity index is 2110. The van der Waals surface area contributed by atoms with Gasteiger partial charge in [-0.05, 0) is 75.2 Å². The SMILES string of the molecule is COc1cc([C@H]2C3=CC[C@@H]4C(=O)N(Cc5ccccc5)C(=O)[C@@H]4[C@@H]3C[C@H]3C(=O)C(c4ccccc4)=CC(=O)[C@@]23c2ccccc2)cc(Br)c1O. The van der Waals surface area contributed by atoms with E-state index in [1.165, 1.54) is 18.1 Å². The number of amides is 2. The van der Waals surface area contributed by atoms with Crippen LogP contribution in [0.3, 0.4) is 0 Å². The van der Waals surface area contributed by atoms with E-state index < -0.39 is 35.0 Å². The first kappa shape index (κ1) is 32.1. The van der Waals surface area contributed by atoms with Gasteiger partial charge in [-0.15, -0.1) is 0 Å². The number of allylic oxidation sites excluding steroid dienone is 4. The summed E-state index contributed by atoms with van der Waals surface area (Å²) in [5.74, 6) is -4.01. The maximum Gasteiger partial charge on any atom is 0.234 e. The first-order valence-corrected chi connectivity index (χ1v) is 17.6. The molecule has 2 amide bonds. The molecule has 0 radical (unpaired) electrons. The molecule has 8 heteroatoms. The molecule has 250 valence electrons. The summed E-state index contributed by atoms with van der Waals surface area (Å²) in [6.07, 6.45) is 4.10. The zero-order chi connectivity index (χ0) is 34.7. The van der Waals surface area contributed by atoms with E-state index in [1.807, 2.05) is 97.1 Å². The lowest BCUT2D eigenvalue weighted by Gasteiger charge is -2.55. The molecule has 2 fully saturated rings. The highest BCUT2D eigenvalue weighted by molar-refractivity contribution is 9.10. The van der Waals surface area contributed by atoms with Crippen LogP contribution in [-0.4, -0.2) is 40.5 Å². The van der Waals surface area contributed by atoms with Crippen LogP contribution in [0.1, 0.15) is 41.0 Å². The van der Waals surface area contributed by atoms with E-state index in [9.17, 15) is 14.7 Å². The number of nitrogens with zero attached hydrogens (tertiary/aromatic N) is 1. The number of hydrogen-bond donors (Lipinski definition) is 1. The summed E-state index contributed by atoms with van der Waals surface area (Å²) in [6.45, 7) is 0.175. The summed E-state index contributed by atoms with van der Waals surface area (Å²) in [6, 6.07) is 31.6.